The highest BCUT2D eigenvalue weighted by Crippen LogP contribution is 2.35. The van der Waals surface area contributed by atoms with Crippen LogP contribution in [0.25, 0.3) is 0 Å². The highest BCUT2D eigenvalue weighted by Gasteiger charge is 2.13. The van der Waals surface area contributed by atoms with E-state index in [9.17, 15) is 0 Å². The van der Waals surface area contributed by atoms with Gasteiger partial charge in [-0.2, -0.15) is 0 Å². The molecule has 29 heavy (non-hydrogen) atoms. The molecule has 0 saturated heterocycles. The first kappa shape index (κ1) is 21.8. The second-order valence-electron chi connectivity index (χ2n) is 6.91. The van der Waals surface area contributed by atoms with Crippen LogP contribution in [0, 0.1) is 17.4 Å². The number of ether oxygens (including phenoxy) is 2. The molecule has 0 aliphatic carbocycles. The molecule has 0 fully saturated rings. The number of rotatable bonds is 8. The van der Waals surface area contributed by atoms with Crippen molar-refractivity contribution in [2.45, 2.75) is 33.9 Å². The highest BCUT2D eigenvalue weighted by atomic mass is 127. The minimum absolute atomic E-state index is 0.466. The van der Waals surface area contributed by atoms with Crippen molar-refractivity contribution in [2.75, 3.05) is 11.9 Å². The lowest BCUT2D eigenvalue weighted by atomic mass is 10.1. The quantitative estimate of drug-likeness (QED) is 0.319. The average molecular weight is 522 g/mol. The molecule has 0 aliphatic heterocycles. The maximum atomic E-state index is 6.10. The molecule has 1 N–H and O–H groups in total. The molecule has 3 aromatic rings. The summed E-state index contributed by atoms with van der Waals surface area (Å²) in [7, 11) is 0. The summed E-state index contributed by atoms with van der Waals surface area (Å²) in [6.45, 7) is 8.00. The van der Waals surface area contributed by atoms with Crippen LogP contribution in [0.4, 0.5) is 5.69 Å². The van der Waals surface area contributed by atoms with Crippen molar-refractivity contribution >= 4 is 39.9 Å². The number of benzene rings is 3. The molecule has 3 nitrogen and oxygen atoms in total. The standard InChI is InChI=1S/C24H25ClINO2/c1-4-28-23-13-19(14-27-21-10-5-16(2)17(3)11-21)12-22(26)24(23)29-15-18-6-8-20(25)9-7-18/h5-13,27H,4,14-15H2,1-3H3. The largest absolute Gasteiger partial charge is 0.490 e. The second kappa shape index (κ2) is 10.2. The van der Waals surface area contributed by atoms with Crippen LogP contribution < -0.4 is 14.8 Å². The summed E-state index contributed by atoms with van der Waals surface area (Å²) in [6, 6.07) is 18.3. The Kier molecular flexibility index (Phi) is 7.67. The molecular formula is C24H25ClINO2. The molecule has 0 aliphatic rings. The van der Waals surface area contributed by atoms with Gasteiger partial charge in [0, 0.05) is 17.3 Å². The first-order valence-electron chi connectivity index (χ1n) is 9.60. The predicted octanol–water partition coefficient (Wildman–Crippen LogP) is 7.15. The van der Waals surface area contributed by atoms with Crippen LogP contribution in [0.5, 0.6) is 11.5 Å². The van der Waals surface area contributed by atoms with Gasteiger partial charge in [-0.1, -0.05) is 29.8 Å². The summed E-state index contributed by atoms with van der Waals surface area (Å²) >= 11 is 8.27. The van der Waals surface area contributed by atoms with Crippen molar-refractivity contribution in [3.8, 4) is 11.5 Å². The van der Waals surface area contributed by atoms with E-state index >= 15 is 0 Å². The third kappa shape index (κ3) is 6.03. The number of aryl methyl sites for hydroxylation is 2. The Morgan fingerprint density at radius 1 is 0.897 bits per heavy atom. The summed E-state index contributed by atoms with van der Waals surface area (Å²) in [6.07, 6.45) is 0. The van der Waals surface area contributed by atoms with Crippen molar-refractivity contribution in [3.05, 3.63) is 85.4 Å². The smallest absolute Gasteiger partial charge is 0.174 e. The van der Waals surface area contributed by atoms with Crippen molar-refractivity contribution in [1.82, 2.24) is 0 Å². The topological polar surface area (TPSA) is 30.5 Å². The molecule has 0 atom stereocenters. The fraction of sp³-hybridized carbons (Fsp3) is 0.250. The van der Waals surface area contributed by atoms with Gasteiger partial charge in [-0.05, 0) is 102 Å². The predicted molar refractivity (Wildman–Crippen MR) is 129 cm³/mol. The fourth-order valence-corrected chi connectivity index (χ4v) is 3.87. The van der Waals surface area contributed by atoms with Crippen molar-refractivity contribution in [1.29, 1.82) is 0 Å². The lowest BCUT2D eigenvalue weighted by molar-refractivity contribution is 0.267. The number of nitrogens with one attached hydrogen (secondary N) is 1. The molecule has 0 bridgehead atoms. The third-order valence-electron chi connectivity index (χ3n) is 4.67. The minimum Gasteiger partial charge on any atom is -0.490 e. The third-order valence-corrected chi connectivity index (χ3v) is 5.72. The molecule has 0 heterocycles. The molecule has 0 amide bonds. The molecule has 0 unspecified atom stereocenters. The molecule has 5 heteroatoms. The van der Waals surface area contributed by atoms with Gasteiger partial charge in [0.25, 0.3) is 0 Å². The molecule has 152 valence electrons. The van der Waals surface area contributed by atoms with E-state index in [4.69, 9.17) is 21.1 Å². The van der Waals surface area contributed by atoms with E-state index < -0.39 is 0 Å². The minimum atomic E-state index is 0.466. The lowest BCUT2D eigenvalue weighted by Crippen LogP contribution is -2.05. The molecule has 0 saturated carbocycles. The van der Waals surface area contributed by atoms with Crippen molar-refractivity contribution in [3.63, 3.8) is 0 Å². The SMILES string of the molecule is CCOc1cc(CNc2ccc(C)c(C)c2)cc(I)c1OCc1ccc(Cl)cc1. The van der Waals surface area contributed by atoms with Crippen LogP contribution in [-0.4, -0.2) is 6.61 Å². The monoisotopic (exact) mass is 521 g/mol. The summed E-state index contributed by atoms with van der Waals surface area (Å²) < 4.78 is 13.0. The van der Waals surface area contributed by atoms with Crippen LogP contribution in [0.15, 0.2) is 54.6 Å². The Morgan fingerprint density at radius 2 is 1.66 bits per heavy atom. The molecule has 0 spiro atoms. The van der Waals surface area contributed by atoms with Gasteiger partial charge < -0.3 is 14.8 Å². The van der Waals surface area contributed by atoms with E-state index in [2.05, 4.69) is 72.1 Å². The zero-order valence-electron chi connectivity index (χ0n) is 16.9. The Balaban J connectivity index is 1.74. The van der Waals surface area contributed by atoms with Gasteiger partial charge in [-0.3, -0.25) is 0 Å². The van der Waals surface area contributed by atoms with E-state index in [0.29, 0.717) is 13.2 Å². The first-order valence-corrected chi connectivity index (χ1v) is 11.1. The van der Waals surface area contributed by atoms with E-state index in [-0.39, 0.29) is 0 Å². The number of halogens is 2. The zero-order valence-corrected chi connectivity index (χ0v) is 19.8. The van der Waals surface area contributed by atoms with Crippen molar-refractivity contribution < 1.29 is 9.47 Å². The summed E-state index contributed by atoms with van der Waals surface area (Å²) in [5, 5.41) is 4.22. The lowest BCUT2D eigenvalue weighted by Gasteiger charge is -2.16. The average Bonchev–Trinajstić information content (AvgIpc) is 2.70. The molecule has 3 aromatic carbocycles. The van der Waals surface area contributed by atoms with Gasteiger partial charge >= 0.3 is 0 Å². The number of hydrogen-bond acceptors (Lipinski definition) is 3. The van der Waals surface area contributed by atoms with E-state index in [1.54, 1.807) is 0 Å². The van der Waals surface area contributed by atoms with Crippen LogP contribution >= 0.6 is 34.2 Å². The summed E-state index contributed by atoms with van der Waals surface area (Å²) in [4.78, 5) is 0. The van der Waals surface area contributed by atoms with Gasteiger partial charge in [-0.15, -0.1) is 0 Å². The van der Waals surface area contributed by atoms with Gasteiger partial charge in [0.05, 0.1) is 10.2 Å². The maximum Gasteiger partial charge on any atom is 0.174 e. The Morgan fingerprint density at radius 3 is 2.34 bits per heavy atom. The van der Waals surface area contributed by atoms with Crippen LogP contribution in [-0.2, 0) is 13.2 Å². The number of anilines is 1. The van der Waals surface area contributed by atoms with Gasteiger partial charge in [0.15, 0.2) is 11.5 Å². The first-order chi connectivity index (χ1) is 14.0. The maximum absolute atomic E-state index is 6.10. The summed E-state index contributed by atoms with van der Waals surface area (Å²) in [5.41, 5.74) is 5.91. The van der Waals surface area contributed by atoms with Crippen LogP contribution in [0.2, 0.25) is 5.02 Å². The Hall–Kier alpha value is -1.92. The van der Waals surface area contributed by atoms with E-state index in [1.165, 1.54) is 11.1 Å². The highest BCUT2D eigenvalue weighted by molar-refractivity contribution is 14.1. The molecule has 0 aromatic heterocycles. The second-order valence-corrected chi connectivity index (χ2v) is 8.50. The van der Waals surface area contributed by atoms with Gasteiger partial charge in [-0.25, -0.2) is 0 Å². The Bertz CT molecular complexity index is 973. The van der Waals surface area contributed by atoms with Crippen LogP contribution in [0.1, 0.15) is 29.2 Å². The summed E-state index contributed by atoms with van der Waals surface area (Å²) in [5.74, 6) is 1.54. The van der Waals surface area contributed by atoms with Gasteiger partial charge in [0.1, 0.15) is 6.61 Å². The normalized spacial score (nSPS) is 10.7. The van der Waals surface area contributed by atoms with Crippen molar-refractivity contribution in [2.24, 2.45) is 0 Å². The fourth-order valence-electron chi connectivity index (χ4n) is 2.92. The zero-order chi connectivity index (χ0) is 20.8. The molecular weight excluding hydrogens is 497 g/mol. The molecule has 3 rings (SSSR count). The molecule has 0 radical (unpaired) electrons. The number of hydrogen-bond donors (Lipinski definition) is 1. The van der Waals surface area contributed by atoms with E-state index in [1.807, 2.05) is 31.2 Å². The van der Waals surface area contributed by atoms with E-state index in [0.717, 1.165) is 43.5 Å². The van der Waals surface area contributed by atoms with Crippen LogP contribution in [0.3, 0.4) is 0 Å². The van der Waals surface area contributed by atoms with Gasteiger partial charge in [0.2, 0.25) is 0 Å². The Labute approximate surface area is 191 Å².